The van der Waals surface area contributed by atoms with Crippen molar-refractivity contribution >= 4 is 29.9 Å². The van der Waals surface area contributed by atoms with Crippen molar-refractivity contribution in [2.75, 3.05) is 6.54 Å². The smallest absolute Gasteiger partial charge is 0.224 e. The standard InChI is InChI=1S/C18H25ClN2O.ClH/c19-17-10-4-1-6-14(17)13-21(16-8-2-3-9-16)18(22)12-15-7-5-11-20-15;/h1,4,6,10,15-16,20H,2-3,5,7-9,11-13H2;1H. The summed E-state index contributed by atoms with van der Waals surface area (Å²) in [5.41, 5.74) is 1.06. The number of halogens is 2. The van der Waals surface area contributed by atoms with Crippen molar-refractivity contribution in [3.63, 3.8) is 0 Å². The van der Waals surface area contributed by atoms with E-state index in [9.17, 15) is 4.79 Å². The molecule has 1 heterocycles. The van der Waals surface area contributed by atoms with E-state index in [2.05, 4.69) is 10.2 Å². The number of hydrogen-bond acceptors (Lipinski definition) is 2. The minimum absolute atomic E-state index is 0. The minimum atomic E-state index is 0. The van der Waals surface area contributed by atoms with E-state index in [4.69, 9.17) is 11.6 Å². The number of rotatable bonds is 5. The number of nitrogens with one attached hydrogen (secondary N) is 1. The third-order valence-corrected chi connectivity index (χ3v) is 5.34. The van der Waals surface area contributed by atoms with Gasteiger partial charge in [-0.25, -0.2) is 0 Å². The maximum Gasteiger partial charge on any atom is 0.224 e. The fourth-order valence-electron chi connectivity index (χ4n) is 3.71. The number of carbonyl (C=O) groups excluding carboxylic acids is 1. The number of hydrogen-bond donors (Lipinski definition) is 1. The summed E-state index contributed by atoms with van der Waals surface area (Å²) in [4.78, 5) is 14.9. The van der Waals surface area contributed by atoms with Gasteiger partial charge in [0.1, 0.15) is 0 Å². The second-order valence-corrected chi connectivity index (χ2v) is 6.96. The third-order valence-electron chi connectivity index (χ3n) is 4.97. The van der Waals surface area contributed by atoms with Crippen LogP contribution in [0, 0.1) is 0 Å². The molecule has 0 aromatic heterocycles. The van der Waals surface area contributed by atoms with Crippen LogP contribution < -0.4 is 5.32 Å². The quantitative estimate of drug-likeness (QED) is 0.858. The number of carbonyl (C=O) groups is 1. The lowest BCUT2D eigenvalue weighted by Gasteiger charge is -2.30. The van der Waals surface area contributed by atoms with Crippen molar-refractivity contribution in [3.8, 4) is 0 Å². The van der Waals surface area contributed by atoms with Crippen LogP contribution in [0.25, 0.3) is 0 Å². The van der Waals surface area contributed by atoms with Crippen LogP contribution in [0.5, 0.6) is 0 Å². The lowest BCUT2D eigenvalue weighted by atomic mass is 10.1. The highest BCUT2D eigenvalue weighted by atomic mass is 35.5. The summed E-state index contributed by atoms with van der Waals surface area (Å²) < 4.78 is 0. The molecule has 128 valence electrons. The first kappa shape index (κ1) is 18.6. The Kier molecular flexibility index (Phi) is 7.19. The Hall–Kier alpha value is -0.770. The van der Waals surface area contributed by atoms with Crippen LogP contribution in [-0.2, 0) is 11.3 Å². The topological polar surface area (TPSA) is 32.3 Å². The van der Waals surface area contributed by atoms with E-state index in [1.807, 2.05) is 24.3 Å². The molecule has 1 aromatic rings. The number of nitrogens with zero attached hydrogens (tertiary/aromatic N) is 1. The lowest BCUT2D eigenvalue weighted by Crippen LogP contribution is -2.41. The molecular weight excluding hydrogens is 331 g/mol. The average molecular weight is 357 g/mol. The highest BCUT2D eigenvalue weighted by Gasteiger charge is 2.29. The summed E-state index contributed by atoms with van der Waals surface area (Å²) in [6.07, 6.45) is 7.67. The van der Waals surface area contributed by atoms with Gasteiger partial charge < -0.3 is 10.2 Å². The summed E-state index contributed by atoms with van der Waals surface area (Å²) in [7, 11) is 0. The molecule has 1 atom stereocenters. The maximum atomic E-state index is 12.8. The van der Waals surface area contributed by atoms with Crippen LogP contribution >= 0.6 is 24.0 Å². The predicted molar refractivity (Wildman–Crippen MR) is 97.1 cm³/mol. The molecule has 1 saturated heterocycles. The fourth-order valence-corrected chi connectivity index (χ4v) is 3.90. The zero-order valence-electron chi connectivity index (χ0n) is 13.5. The molecule has 0 spiro atoms. The first-order valence-electron chi connectivity index (χ1n) is 8.50. The first-order valence-corrected chi connectivity index (χ1v) is 8.88. The summed E-state index contributed by atoms with van der Waals surface area (Å²) in [6.45, 7) is 1.70. The summed E-state index contributed by atoms with van der Waals surface area (Å²) in [5.74, 6) is 0.284. The second kappa shape index (κ2) is 8.91. The van der Waals surface area contributed by atoms with Gasteiger partial charge in [0.2, 0.25) is 5.91 Å². The Morgan fingerprint density at radius 1 is 1.17 bits per heavy atom. The highest BCUT2D eigenvalue weighted by Crippen LogP contribution is 2.28. The van der Waals surface area contributed by atoms with Gasteiger partial charge in [-0.1, -0.05) is 42.6 Å². The summed E-state index contributed by atoms with van der Waals surface area (Å²) in [5, 5.41) is 4.20. The van der Waals surface area contributed by atoms with Crippen molar-refractivity contribution < 1.29 is 4.79 Å². The SMILES string of the molecule is Cl.O=C(CC1CCCN1)N(Cc1ccccc1Cl)C1CCCC1. The average Bonchev–Trinajstić information content (AvgIpc) is 3.19. The molecule has 1 aliphatic heterocycles. The predicted octanol–water partition coefficient (Wildman–Crippen LogP) is 4.18. The van der Waals surface area contributed by atoms with Gasteiger partial charge in [-0.15, -0.1) is 12.4 Å². The molecule has 5 heteroatoms. The number of amides is 1. The molecule has 23 heavy (non-hydrogen) atoms. The molecule has 1 saturated carbocycles. The van der Waals surface area contributed by atoms with E-state index in [-0.39, 0.29) is 18.3 Å². The maximum absolute atomic E-state index is 12.8. The Balaban J connectivity index is 0.00000192. The second-order valence-electron chi connectivity index (χ2n) is 6.55. The Labute approximate surface area is 150 Å². The van der Waals surface area contributed by atoms with Crippen molar-refractivity contribution in [2.24, 2.45) is 0 Å². The normalized spacial score (nSPS) is 21.2. The van der Waals surface area contributed by atoms with Gasteiger partial charge in [-0.05, 0) is 43.9 Å². The summed E-state index contributed by atoms with van der Waals surface area (Å²) >= 11 is 6.30. The highest BCUT2D eigenvalue weighted by molar-refractivity contribution is 6.31. The van der Waals surface area contributed by atoms with E-state index < -0.39 is 0 Å². The molecule has 3 nitrogen and oxygen atoms in total. The Bertz CT molecular complexity index is 511. The van der Waals surface area contributed by atoms with Gasteiger partial charge in [0.15, 0.2) is 0 Å². The van der Waals surface area contributed by atoms with E-state index in [1.165, 1.54) is 19.3 Å². The van der Waals surface area contributed by atoms with Gasteiger partial charge in [0.05, 0.1) is 0 Å². The van der Waals surface area contributed by atoms with Crippen LogP contribution in [-0.4, -0.2) is 29.4 Å². The zero-order chi connectivity index (χ0) is 15.4. The molecule has 1 aliphatic carbocycles. The van der Waals surface area contributed by atoms with Gasteiger partial charge >= 0.3 is 0 Å². The molecule has 2 fully saturated rings. The van der Waals surface area contributed by atoms with E-state index in [0.717, 1.165) is 36.4 Å². The monoisotopic (exact) mass is 356 g/mol. The van der Waals surface area contributed by atoms with Gasteiger partial charge in [-0.2, -0.15) is 0 Å². The molecule has 0 radical (unpaired) electrons. The van der Waals surface area contributed by atoms with Crippen LogP contribution in [0.4, 0.5) is 0 Å². The largest absolute Gasteiger partial charge is 0.335 e. The number of benzene rings is 1. The Morgan fingerprint density at radius 3 is 2.57 bits per heavy atom. The van der Waals surface area contributed by atoms with Gasteiger partial charge in [0, 0.05) is 30.1 Å². The summed E-state index contributed by atoms with van der Waals surface area (Å²) in [6, 6.07) is 8.64. The molecule has 1 unspecified atom stereocenters. The van der Waals surface area contributed by atoms with E-state index in [0.29, 0.717) is 25.0 Å². The molecule has 0 bridgehead atoms. The van der Waals surface area contributed by atoms with Crippen LogP contribution in [0.3, 0.4) is 0 Å². The van der Waals surface area contributed by atoms with Crippen molar-refractivity contribution in [3.05, 3.63) is 34.9 Å². The van der Waals surface area contributed by atoms with Crippen molar-refractivity contribution in [1.29, 1.82) is 0 Å². The third kappa shape index (κ3) is 4.85. The lowest BCUT2D eigenvalue weighted by molar-refractivity contribution is -0.134. The van der Waals surface area contributed by atoms with Crippen LogP contribution in [0.15, 0.2) is 24.3 Å². The van der Waals surface area contributed by atoms with Crippen molar-refractivity contribution in [2.45, 2.75) is 63.6 Å². The van der Waals surface area contributed by atoms with Crippen LogP contribution in [0.2, 0.25) is 5.02 Å². The molecule has 1 N–H and O–H groups in total. The molecular formula is C18H26Cl2N2O. The van der Waals surface area contributed by atoms with Crippen molar-refractivity contribution in [1.82, 2.24) is 10.2 Å². The van der Waals surface area contributed by atoms with Crippen LogP contribution in [0.1, 0.15) is 50.5 Å². The molecule has 1 aromatic carbocycles. The van der Waals surface area contributed by atoms with E-state index >= 15 is 0 Å². The molecule has 3 rings (SSSR count). The zero-order valence-corrected chi connectivity index (χ0v) is 15.0. The minimum Gasteiger partial charge on any atom is -0.335 e. The molecule has 1 amide bonds. The fraction of sp³-hybridized carbons (Fsp3) is 0.611. The van der Waals surface area contributed by atoms with Gasteiger partial charge in [0.25, 0.3) is 0 Å². The van der Waals surface area contributed by atoms with E-state index in [1.54, 1.807) is 0 Å². The first-order chi connectivity index (χ1) is 10.7. The molecule has 2 aliphatic rings. The van der Waals surface area contributed by atoms with Gasteiger partial charge in [-0.3, -0.25) is 4.79 Å². The Morgan fingerprint density at radius 2 is 1.91 bits per heavy atom.